The molecule has 3 heteroatoms. The van der Waals surface area contributed by atoms with E-state index in [-0.39, 0.29) is 0 Å². The summed E-state index contributed by atoms with van der Waals surface area (Å²) in [5, 5.41) is 0. The molecular weight excluding hydrogens is 186 g/mol. The number of hydrogen-bond acceptors (Lipinski definition) is 3. The molecule has 82 valence electrons. The van der Waals surface area contributed by atoms with E-state index < -0.39 is 0 Å². The summed E-state index contributed by atoms with van der Waals surface area (Å²) in [6.45, 7) is 3.96. The zero-order valence-corrected chi connectivity index (χ0v) is 9.24. The molecule has 0 saturated carbocycles. The molecule has 1 aliphatic heterocycles. The Labute approximate surface area is 91.1 Å². The molecule has 15 heavy (non-hydrogen) atoms. The second-order valence-corrected chi connectivity index (χ2v) is 4.28. The van der Waals surface area contributed by atoms with Crippen LogP contribution in [0.5, 0.6) is 0 Å². The topological polar surface area (TPSA) is 55.3 Å². The highest BCUT2D eigenvalue weighted by Crippen LogP contribution is 2.29. The standard InChI is InChI=1S/C12H19N3/c1-9-3-2-6-15(9)12-5-4-11(14)7-10(12)8-13/h4-5,7,9H,2-3,6,8,13-14H2,1H3. The Bertz CT molecular complexity index is 349. The maximum Gasteiger partial charge on any atom is 0.0415 e. The first-order chi connectivity index (χ1) is 7.22. The zero-order chi connectivity index (χ0) is 10.8. The van der Waals surface area contributed by atoms with Crippen molar-refractivity contribution in [1.29, 1.82) is 0 Å². The van der Waals surface area contributed by atoms with Gasteiger partial charge in [0.15, 0.2) is 0 Å². The van der Waals surface area contributed by atoms with Crippen LogP contribution in [-0.4, -0.2) is 12.6 Å². The highest BCUT2D eigenvalue weighted by atomic mass is 15.2. The molecular formula is C12H19N3. The Hall–Kier alpha value is -1.22. The number of nitrogens with zero attached hydrogens (tertiary/aromatic N) is 1. The largest absolute Gasteiger partial charge is 0.399 e. The van der Waals surface area contributed by atoms with Gasteiger partial charge < -0.3 is 16.4 Å². The molecule has 0 aromatic heterocycles. The molecule has 1 aromatic carbocycles. The molecule has 0 radical (unpaired) electrons. The number of nitrogens with two attached hydrogens (primary N) is 2. The van der Waals surface area contributed by atoms with Crippen molar-refractivity contribution >= 4 is 11.4 Å². The summed E-state index contributed by atoms with van der Waals surface area (Å²) in [5.74, 6) is 0. The highest BCUT2D eigenvalue weighted by Gasteiger charge is 2.22. The molecule has 1 saturated heterocycles. The van der Waals surface area contributed by atoms with Crippen molar-refractivity contribution in [2.24, 2.45) is 5.73 Å². The molecule has 1 fully saturated rings. The number of benzene rings is 1. The van der Waals surface area contributed by atoms with Crippen molar-refractivity contribution in [3.8, 4) is 0 Å². The average molecular weight is 205 g/mol. The van der Waals surface area contributed by atoms with E-state index in [0.29, 0.717) is 12.6 Å². The Kier molecular flexibility index (Phi) is 2.82. The summed E-state index contributed by atoms with van der Waals surface area (Å²) in [4.78, 5) is 2.43. The second kappa shape index (κ2) is 4.11. The van der Waals surface area contributed by atoms with Crippen molar-refractivity contribution in [2.75, 3.05) is 17.2 Å². The molecule has 0 spiro atoms. The normalized spacial score (nSPS) is 20.9. The van der Waals surface area contributed by atoms with E-state index in [0.717, 1.165) is 17.8 Å². The van der Waals surface area contributed by atoms with Crippen LogP contribution in [0.3, 0.4) is 0 Å². The Morgan fingerprint density at radius 2 is 2.27 bits per heavy atom. The number of rotatable bonds is 2. The minimum absolute atomic E-state index is 0.559. The molecule has 1 atom stereocenters. The summed E-state index contributed by atoms with van der Waals surface area (Å²) in [6.07, 6.45) is 2.55. The second-order valence-electron chi connectivity index (χ2n) is 4.28. The quantitative estimate of drug-likeness (QED) is 0.723. The van der Waals surface area contributed by atoms with Crippen LogP contribution in [0.1, 0.15) is 25.3 Å². The van der Waals surface area contributed by atoms with Gasteiger partial charge in [-0.1, -0.05) is 0 Å². The predicted molar refractivity (Wildman–Crippen MR) is 64.8 cm³/mol. The molecule has 2 rings (SSSR count). The van der Waals surface area contributed by atoms with Gasteiger partial charge in [0, 0.05) is 30.5 Å². The molecule has 1 aromatic rings. The highest BCUT2D eigenvalue weighted by molar-refractivity contribution is 5.60. The van der Waals surface area contributed by atoms with Crippen molar-refractivity contribution < 1.29 is 0 Å². The lowest BCUT2D eigenvalue weighted by Gasteiger charge is -2.26. The van der Waals surface area contributed by atoms with E-state index >= 15 is 0 Å². The van der Waals surface area contributed by atoms with Gasteiger partial charge in [-0.25, -0.2) is 0 Å². The van der Waals surface area contributed by atoms with Crippen LogP contribution in [-0.2, 0) is 6.54 Å². The van der Waals surface area contributed by atoms with Gasteiger partial charge in [0.25, 0.3) is 0 Å². The molecule has 4 N–H and O–H groups in total. The molecule has 0 bridgehead atoms. The molecule has 1 aliphatic rings. The van der Waals surface area contributed by atoms with Gasteiger partial charge in [0.1, 0.15) is 0 Å². The van der Waals surface area contributed by atoms with Crippen LogP contribution in [0, 0.1) is 0 Å². The van der Waals surface area contributed by atoms with Crippen LogP contribution in [0.4, 0.5) is 11.4 Å². The lowest BCUT2D eigenvalue weighted by molar-refractivity contribution is 0.731. The lowest BCUT2D eigenvalue weighted by Crippen LogP contribution is -2.27. The molecule has 1 unspecified atom stereocenters. The smallest absolute Gasteiger partial charge is 0.0415 e. The fourth-order valence-electron chi connectivity index (χ4n) is 2.34. The van der Waals surface area contributed by atoms with Crippen LogP contribution >= 0.6 is 0 Å². The third-order valence-corrected chi connectivity index (χ3v) is 3.19. The first kappa shape index (κ1) is 10.3. The molecule has 3 nitrogen and oxygen atoms in total. The van der Waals surface area contributed by atoms with Crippen LogP contribution in [0.2, 0.25) is 0 Å². The van der Waals surface area contributed by atoms with Gasteiger partial charge in [-0.15, -0.1) is 0 Å². The van der Waals surface area contributed by atoms with Gasteiger partial charge in [0.05, 0.1) is 0 Å². The maximum absolute atomic E-state index is 5.76. The van der Waals surface area contributed by atoms with E-state index in [1.54, 1.807) is 0 Å². The van der Waals surface area contributed by atoms with Gasteiger partial charge >= 0.3 is 0 Å². The first-order valence-corrected chi connectivity index (χ1v) is 5.57. The SMILES string of the molecule is CC1CCCN1c1ccc(N)cc1CN. The minimum Gasteiger partial charge on any atom is -0.399 e. The van der Waals surface area contributed by atoms with Crippen molar-refractivity contribution in [1.82, 2.24) is 0 Å². The third-order valence-electron chi connectivity index (χ3n) is 3.19. The van der Waals surface area contributed by atoms with Gasteiger partial charge in [0.2, 0.25) is 0 Å². The van der Waals surface area contributed by atoms with Crippen molar-refractivity contribution in [2.45, 2.75) is 32.4 Å². The minimum atomic E-state index is 0.559. The summed E-state index contributed by atoms with van der Waals surface area (Å²) >= 11 is 0. The maximum atomic E-state index is 5.76. The van der Waals surface area contributed by atoms with E-state index in [2.05, 4.69) is 17.9 Å². The fraction of sp³-hybridized carbons (Fsp3) is 0.500. The van der Waals surface area contributed by atoms with E-state index in [1.807, 2.05) is 12.1 Å². The number of nitrogen functional groups attached to an aromatic ring is 1. The van der Waals surface area contributed by atoms with Gasteiger partial charge in [-0.05, 0) is 43.5 Å². The van der Waals surface area contributed by atoms with Crippen molar-refractivity contribution in [3.63, 3.8) is 0 Å². The monoisotopic (exact) mass is 205 g/mol. The Balaban J connectivity index is 2.34. The predicted octanol–water partition coefficient (Wildman–Crippen LogP) is 1.72. The first-order valence-electron chi connectivity index (χ1n) is 5.57. The van der Waals surface area contributed by atoms with Crippen LogP contribution < -0.4 is 16.4 Å². The van der Waals surface area contributed by atoms with E-state index in [4.69, 9.17) is 11.5 Å². The summed E-state index contributed by atoms with van der Waals surface area (Å²) in [6, 6.07) is 6.66. The summed E-state index contributed by atoms with van der Waals surface area (Å²) < 4.78 is 0. The number of anilines is 2. The lowest BCUT2D eigenvalue weighted by atomic mass is 10.1. The summed E-state index contributed by atoms with van der Waals surface area (Å²) in [5.41, 5.74) is 14.7. The van der Waals surface area contributed by atoms with E-state index in [9.17, 15) is 0 Å². The average Bonchev–Trinajstić information content (AvgIpc) is 2.64. The fourth-order valence-corrected chi connectivity index (χ4v) is 2.34. The molecule has 0 aliphatic carbocycles. The zero-order valence-electron chi connectivity index (χ0n) is 9.24. The Morgan fingerprint density at radius 1 is 1.47 bits per heavy atom. The van der Waals surface area contributed by atoms with Gasteiger partial charge in [-0.3, -0.25) is 0 Å². The van der Waals surface area contributed by atoms with Crippen LogP contribution in [0.15, 0.2) is 18.2 Å². The van der Waals surface area contributed by atoms with Gasteiger partial charge in [-0.2, -0.15) is 0 Å². The summed E-state index contributed by atoms with van der Waals surface area (Å²) in [7, 11) is 0. The third kappa shape index (κ3) is 1.92. The van der Waals surface area contributed by atoms with Crippen LogP contribution in [0.25, 0.3) is 0 Å². The van der Waals surface area contributed by atoms with Crippen molar-refractivity contribution in [3.05, 3.63) is 23.8 Å². The van der Waals surface area contributed by atoms with E-state index in [1.165, 1.54) is 18.5 Å². The molecule has 1 heterocycles. The molecule has 0 amide bonds. The number of hydrogen-bond donors (Lipinski definition) is 2. The Morgan fingerprint density at radius 3 is 2.87 bits per heavy atom.